The van der Waals surface area contributed by atoms with Gasteiger partial charge in [-0.2, -0.15) is 0 Å². The lowest BCUT2D eigenvalue weighted by Crippen LogP contribution is -2.00. The molecule has 138 valence electrons. The molecule has 1 aliphatic rings. The molecule has 0 amide bonds. The highest BCUT2D eigenvalue weighted by Crippen LogP contribution is 2.45. The molecule has 1 saturated carbocycles. The van der Waals surface area contributed by atoms with Crippen LogP contribution in [0.4, 0.5) is 0 Å². The molecule has 0 spiro atoms. The van der Waals surface area contributed by atoms with Crippen LogP contribution in [-0.2, 0) is 9.53 Å². The molecule has 2 nitrogen and oxygen atoms in total. The third-order valence-electron chi connectivity index (χ3n) is 4.97. The lowest BCUT2D eigenvalue weighted by atomic mass is 10.1. The van der Waals surface area contributed by atoms with Gasteiger partial charge in [0, 0.05) is 6.42 Å². The van der Waals surface area contributed by atoms with E-state index in [1.807, 2.05) is 12.2 Å². The Kier molecular flexibility index (Phi) is 12.5. The Morgan fingerprint density at radius 2 is 1.62 bits per heavy atom. The standard InChI is InChI=1S/C22H38O2/c1-3-5-7-9-10-12-14-18-24-22(23)17-16-21-19-20(21)15-13-11-8-6-4-2/h10,12,14,18,20-21H,3-9,11,13,15-17,19H2,1-2H3/b12-10+,18-14-/t20-,21-/m0/s1. The number of unbranched alkanes of at least 4 members (excludes halogenated alkanes) is 7. The number of carbonyl (C=O) groups excluding carboxylic acids is 1. The molecule has 0 bridgehead atoms. The van der Waals surface area contributed by atoms with Gasteiger partial charge in [0.2, 0.25) is 0 Å². The third kappa shape index (κ3) is 11.5. The van der Waals surface area contributed by atoms with Crippen molar-refractivity contribution < 1.29 is 9.53 Å². The van der Waals surface area contributed by atoms with Crippen molar-refractivity contribution in [2.24, 2.45) is 11.8 Å². The van der Waals surface area contributed by atoms with Crippen molar-refractivity contribution in [1.29, 1.82) is 0 Å². The minimum atomic E-state index is -0.0840. The zero-order valence-electron chi connectivity index (χ0n) is 16.0. The van der Waals surface area contributed by atoms with Crippen molar-refractivity contribution in [3.63, 3.8) is 0 Å². The van der Waals surface area contributed by atoms with E-state index in [-0.39, 0.29) is 5.97 Å². The molecule has 0 radical (unpaired) electrons. The van der Waals surface area contributed by atoms with Gasteiger partial charge in [-0.3, -0.25) is 4.79 Å². The summed E-state index contributed by atoms with van der Waals surface area (Å²) in [5.74, 6) is 1.59. The van der Waals surface area contributed by atoms with Gasteiger partial charge in [-0.15, -0.1) is 0 Å². The summed E-state index contributed by atoms with van der Waals surface area (Å²) in [6, 6.07) is 0. The molecule has 1 aliphatic carbocycles. The summed E-state index contributed by atoms with van der Waals surface area (Å²) in [4.78, 5) is 11.7. The van der Waals surface area contributed by atoms with Crippen molar-refractivity contribution >= 4 is 5.97 Å². The minimum Gasteiger partial charge on any atom is -0.434 e. The van der Waals surface area contributed by atoms with Crippen LogP contribution in [0, 0.1) is 11.8 Å². The van der Waals surface area contributed by atoms with E-state index in [2.05, 4.69) is 19.9 Å². The summed E-state index contributed by atoms with van der Waals surface area (Å²) in [7, 11) is 0. The number of ether oxygens (including phenoxy) is 1. The Morgan fingerprint density at radius 1 is 0.917 bits per heavy atom. The van der Waals surface area contributed by atoms with Gasteiger partial charge in [0.1, 0.15) is 0 Å². The van der Waals surface area contributed by atoms with E-state index >= 15 is 0 Å². The second-order valence-electron chi connectivity index (χ2n) is 7.24. The van der Waals surface area contributed by atoms with Crippen LogP contribution in [0.15, 0.2) is 24.5 Å². The third-order valence-corrected chi connectivity index (χ3v) is 4.97. The Morgan fingerprint density at radius 3 is 2.42 bits per heavy atom. The van der Waals surface area contributed by atoms with E-state index in [0.29, 0.717) is 6.42 Å². The Hall–Kier alpha value is -1.05. The van der Waals surface area contributed by atoms with Crippen LogP contribution in [0.1, 0.15) is 97.3 Å². The zero-order chi connectivity index (χ0) is 17.5. The maximum absolute atomic E-state index is 11.7. The highest BCUT2D eigenvalue weighted by atomic mass is 16.5. The van der Waals surface area contributed by atoms with Gasteiger partial charge < -0.3 is 4.74 Å². The Balaban J connectivity index is 1.93. The van der Waals surface area contributed by atoms with E-state index in [1.54, 1.807) is 0 Å². The van der Waals surface area contributed by atoms with Gasteiger partial charge >= 0.3 is 5.97 Å². The first kappa shape index (κ1) is 21.0. The van der Waals surface area contributed by atoms with Crippen LogP contribution in [-0.4, -0.2) is 5.97 Å². The van der Waals surface area contributed by atoms with Crippen molar-refractivity contribution in [1.82, 2.24) is 0 Å². The number of carbonyl (C=O) groups is 1. The van der Waals surface area contributed by atoms with Crippen LogP contribution in [0.5, 0.6) is 0 Å². The average Bonchev–Trinajstić information content (AvgIpc) is 3.33. The number of esters is 1. The van der Waals surface area contributed by atoms with Crippen LogP contribution in [0.2, 0.25) is 0 Å². The molecule has 2 atom stereocenters. The summed E-state index contributed by atoms with van der Waals surface area (Å²) in [6.45, 7) is 4.47. The normalized spacial score (nSPS) is 20.1. The summed E-state index contributed by atoms with van der Waals surface area (Å²) < 4.78 is 5.14. The van der Waals surface area contributed by atoms with Crippen molar-refractivity contribution in [2.45, 2.75) is 97.3 Å². The van der Waals surface area contributed by atoms with Crippen LogP contribution in [0.25, 0.3) is 0 Å². The lowest BCUT2D eigenvalue weighted by Gasteiger charge is -2.01. The zero-order valence-corrected chi connectivity index (χ0v) is 16.0. The molecule has 0 saturated heterocycles. The number of allylic oxidation sites excluding steroid dienone is 3. The van der Waals surface area contributed by atoms with Gasteiger partial charge in [0.25, 0.3) is 0 Å². The van der Waals surface area contributed by atoms with Gasteiger partial charge in [-0.25, -0.2) is 0 Å². The molecule has 2 heteroatoms. The van der Waals surface area contributed by atoms with Gasteiger partial charge in [0.15, 0.2) is 0 Å². The topological polar surface area (TPSA) is 26.3 Å². The molecule has 1 rings (SSSR count). The number of hydrogen-bond acceptors (Lipinski definition) is 2. The predicted molar refractivity (Wildman–Crippen MR) is 103 cm³/mol. The molecule has 0 unspecified atom stereocenters. The molecule has 0 aromatic rings. The minimum absolute atomic E-state index is 0.0840. The number of rotatable bonds is 15. The number of hydrogen-bond donors (Lipinski definition) is 0. The lowest BCUT2D eigenvalue weighted by molar-refractivity contribution is -0.138. The quantitative estimate of drug-likeness (QED) is 0.140. The summed E-state index contributed by atoms with van der Waals surface area (Å²) in [5, 5.41) is 0. The molecular formula is C22H38O2. The van der Waals surface area contributed by atoms with E-state index in [9.17, 15) is 4.79 Å². The highest BCUT2D eigenvalue weighted by molar-refractivity contribution is 5.70. The van der Waals surface area contributed by atoms with Gasteiger partial charge in [-0.1, -0.05) is 77.4 Å². The first-order valence-electron chi connectivity index (χ1n) is 10.3. The fourth-order valence-corrected chi connectivity index (χ4v) is 3.24. The summed E-state index contributed by atoms with van der Waals surface area (Å²) in [5.41, 5.74) is 0. The highest BCUT2D eigenvalue weighted by Gasteiger charge is 2.35. The molecule has 1 fully saturated rings. The first-order chi connectivity index (χ1) is 11.8. The summed E-state index contributed by atoms with van der Waals surface area (Å²) >= 11 is 0. The van der Waals surface area contributed by atoms with Crippen molar-refractivity contribution in [2.75, 3.05) is 0 Å². The van der Waals surface area contributed by atoms with E-state index in [4.69, 9.17) is 4.74 Å². The Labute approximate surface area is 149 Å². The largest absolute Gasteiger partial charge is 0.434 e. The molecule has 0 heterocycles. The fraction of sp³-hybridized carbons (Fsp3) is 0.773. The SMILES string of the molecule is CCCCC/C=C/C=C\OC(=O)CC[C@H]1C[C@@H]1CCCCCCC. The Bertz CT molecular complexity index is 370. The van der Waals surface area contributed by atoms with E-state index < -0.39 is 0 Å². The molecule has 0 aliphatic heterocycles. The average molecular weight is 335 g/mol. The molecule has 24 heavy (non-hydrogen) atoms. The first-order valence-corrected chi connectivity index (χ1v) is 10.3. The second kappa shape index (κ2) is 14.3. The second-order valence-corrected chi connectivity index (χ2v) is 7.24. The van der Waals surface area contributed by atoms with Gasteiger partial charge in [-0.05, 0) is 43.6 Å². The fourth-order valence-electron chi connectivity index (χ4n) is 3.24. The smallest absolute Gasteiger partial charge is 0.310 e. The maximum atomic E-state index is 11.7. The molecule has 0 N–H and O–H groups in total. The monoisotopic (exact) mass is 334 g/mol. The van der Waals surface area contributed by atoms with Crippen LogP contribution in [0.3, 0.4) is 0 Å². The molecule has 0 aromatic heterocycles. The molecule has 0 aromatic carbocycles. The van der Waals surface area contributed by atoms with Crippen LogP contribution >= 0.6 is 0 Å². The van der Waals surface area contributed by atoms with Crippen molar-refractivity contribution in [3.8, 4) is 0 Å². The van der Waals surface area contributed by atoms with E-state index in [0.717, 1.165) is 24.7 Å². The molecular weight excluding hydrogens is 296 g/mol. The van der Waals surface area contributed by atoms with E-state index in [1.165, 1.54) is 70.5 Å². The summed E-state index contributed by atoms with van der Waals surface area (Å²) in [6.07, 6.45) is 23.4. The predicted octanol–water partition coefficient (Wildman–Crippen LogP) is 6.96. The van der Waals surface area contributed by atoms with Crippen LogP contribution < -0.4 is 0 Å². The maximum Gasteiger partial charge on any atom is 0.310 e. The van der Waals surface area contributed by atoms with Crippen molar-refractivity contribution in [3.05, 3.63) is 24.5 Å². The van der Waals surface area contributed by atoms with Gasteiger partial charge in [0.05, 0.1) is 6.26 Å².